The van der Waals surface area contributed by atoms with E-state index in [0.29, 0.717) is 0 Å². The summed E-state index contributed by atoms with van der Waals surface area (Å²) < 4.78 is 5.83. The first-order valence-electron chi connectivity index (χ1n) is 9.49. The molecule has 1 amide bonds. The van der Waals surface area contributed by atoms with Crippen molar-refractivity contribution < 1.29 is 9.53 Å². The Balaban J connectivity index is 1.39. The Morgan fingerprint density at radius 3 is 2.62 bits per heavy atom. The highest BCUT2D eigenvalue weighted by Gasteiger charge is 2.41. The third-order valence-electron chi connectivity index (χ3n) is 5.57. The fourth-order valence-electron chi connectivity index (χ4n) is 4.11. The van der Waals surface area contributed by atoms with Gasteiger partial charge in [-0.15, -0.1) is 0 Å². The first-order chi connectivity index (χ1) is 11.7. The van der Waals surface area contributed by atoms with Crippen molar-refractivity contribution >= 4 is 5.91 Å². The molecule has 4 heteroatoms. The number of likely N-dealkylation sites (tertiary alicyclic amines) is 1. The number of carbonyl (C=O) groups is 1. The lowest BCUT2D eigenvalue weighted by Gasteiger charge is -2.44. The molecule has 1 aliphatic carbocycles. The lowest BCUT2D eigenvalue weighted by Crippen LogP contribution is -2.53. The van der Waals surface area contributed by atoms with E-state index in [0.717, 1.165) is 55.9 Å². The first kappa shape index (κ1) is 17.3. The van der Waals surface area contributed by atoms with Crippen molar-refractivity contribution in [2.24, 2.45) is 5.92 Å². The highest BCUT2D eigenvalue weighted by atomic mass is 16.5. The standard InChI is InChI=1S/C20H30N2O2/c1-3-21(4-2)20(23)16-9-11-18(12-10-16)24-14-6-13-22-15-17-7-5-8-19(17)22/h9-12,17,19H,3-8,13-15H2,1-2H3/t17-,19-/m1/s1. The maximum atomic E-state index is 12.3. The Morgan fingerprint density at radius 1 is 1.21 bits per heavy atom. The number of fused-ring (bicyclic) bond motifs is 1. The highest BCUT2D eigenvalue weighted by molar-refractivity contribution is 5.94. The van der Waals surface area contributed by atoms with Gasteiger partial charge in [0.05, 0.1) is 6.61 Å². The minimum Gasteiger partial charge on any atom is -0.494 e. The van der Waals surface area contributed by atoms with Crippen LogP contribution in [0.2, 0.25) is 0 Å². The van der Waals surface area contributed by atoms with E-state index in [1.807, 2.05) is 43.0 Å². The molecule has 1 aromatic rings. The molecule has 1 aliphatic heterocycles. The van der Waals surface area contributed by atoms with Gasteiger partial charge in [0.1, 0.15) is 5.75 Å². The van der Waals surface area contributed by atoms with Crippen LogP contribution >= 0.6 is 0 Å². The van der Waals surface area contributed by atoms with Crippen molar-refractivity contribution in [3.05, 3.63) is 29.8 Å². The molecule has 0 N–H and O–H groups in total. The zero-order chi connectivity index (χ0) is 16.9. The van der Waals surface area contributed by atoms with Crippen LogP contribution in [0.15, 0.2) is 24.3 Å². The van der Waals surface area contributed by atoms with Crippen molar-refractivity contribution in [1.29, 1.82) is 0 Å². The van der Waals surface area contributed by atoms with Crippen LogP contribution in [0.25, 0.3) is 0 Å². The maximum absolute atomic E-state index is 12.3. The van der Waals surface area contributed by atoms with Gasteiger partial charge in [-0.3, -0.25) is 9.69 Å². The molecule has 0 aromatic heterocycles. The lowest BCUT2D eigenvalue weighted by molar-refractivity contribution is 0.0341. The fraction of sp³-hybridized carbons (Fsp3) is 0.650. The molecular formula is C20H30N2O2. The summed E-state index contributed by atoms with van der Waals surface area (Å²) in [6, 6.07) is 8.43. The molecule has 2 aliphatic rings. The van der Waals surface area contributed by atoms with Gasteiger partial charge in [0, 0.05) is 37.8 Å². The molecule has 0 spiro atoms. The Morgan fingerprint density at radius 2 is 1.96 bits per heavy atom. The van der Waals surface area contributed by atoms with E-state index >= 15 is 0 Å². The lowest BCUT2D eigenvalue weighted by atomic mass is 9.92. The van der Waals surface area contributed by atoms with Crippen LogP contribution in [0.5, 0.6) is 5.75 Å². The molecule has 0 radical (unpaired) electrons. The van der Waals surface area contributed by atoms with Gasteiger partial charge < -0.3 is 9.64 Å². The van der Waals surface area contributed by atoms with Crippen molar-refractivity contribution in [2.45, 2.75) is 45.6 Å². The van der Waals surface area contributed by atoms with E-state index < -0.39 is 0 Å². The molecule has 1 heterocycles. The maximum Gasteiger partial charge on any atom is 0.253 e. The summed E-state index contributed by atoms with van der Waals surface area (Å²) in [5.74, 6) is 1.94. The Hall–Kier alpha value is -1.55. The summed E-state index contributed by atoms with van der Waals surface area (Å²) in [4.78, 5) is 16.7. The Kier molecular flexibility index (Phi) is 5.77. The molecule has 0 bridgehead atoms. The Bertz CT molecular complexity index is 539. The van der Waals surface area contributed by atoms with Crippen molar-refractivity contribution in [3.8, 4) is 5.75 Å². The SMILES string of the molecule is CCN(CC)C(=O)c1ccc(OCCCN2C[C@H]3CCC[C@H]32)cc1. The summed E-state index contributed by atoms with van der Waals surface area (Å²) >= 11 is 0. The largest absolute Gasteiger partial charge is 0.494 e. The number of rotatable bonds is 8. The van der Waals surface area contributed by atoms with Gasteiger partial charge in [-0.05, 0) is 63.3 Å². The average Bonchev–Trinajstić information content (AvgIpc) is 2.97. The second-order valence-electron chi connectivity index (χ2n) is 6.96. The van der Waals surface area contributed by atoms with Crippen LogP contribution in [-0.4, -0.2) is 54.5 Å². The van der Waals surface area contributed by atoms with Crippen molar-refractivity contribution in [1.82, 2.24) is 9.80 Å². The molecule has 1 aromatic carbocycles. The molecule has 2 fully saturated rings. The number of hydrogen-bond acceptors (Lipinski definition) is 3. The van der Waals surface area contributed by atoms with Crippen molar-refractivity contribution in [2.75, 3.05) is 32.8 Å². The minimum absolute atomic E-state index is 0.0930. The van der Waals surface area contributed by atoms with Gasteiger partial charge in [0.2, 0.25) is 0 Å². The summed E-state index contributed by atoms with van der Waals surface area (Å²) in [5, 5.41) is 0. The van der Waals surface area contributed by atoms with Crippen LogP contribution in [0, 0.1) is 5.92 Å². The third kappa shape index (κ3) is 3.75. The number of amides is 1. The molecule has 1 saturated carbocycles. The van der Waals surface area contributed by atoms with E-state index in [4.69, 9.17) is 4.74 Å². The average molecular weight is 330 g/mol. The topological polar surface area (TPSA) is 32.8 Å². The second kappa shape index (κ2) is 8.02. The minimum atomic E-state index is 0.0930. The molecular weight excluding hydrogens is 300 g/mol. The zero-order valence-corrected chi connectivity index (χ0v) is 15.0. The van der Waals surface area contributed by atoms with E-state index in [-0.39, 0.29) is 5.91 Å². The molecule has 0 unspecified atom stereocenters. The van der Waals surface area contributed by atoms with Gasteiger partial charge in [-0.25, -0.2) is 0 Å². The highest BCUT2D eigenvalue weighted by Crippen LogP contribution is 2.38. The number of nitrogens with zero attached hydrogens (tertiary/aromatic N) is 2. The van der Waals surface area contributed by atoms with Crippen LogP contribution in [0.4, 0.5) is 0 Å². The molecule has 1 saturated heterocycles. The number of ether oxygens (including phenoxy) is 1. The van der Waals surface area contributed by atoms with Crippen LogP contribution in [-0.2, 0) is 0 Å². The molecule has 132 valence electrons. The normalized spacial score (nSPS) is 22.8. The fourth-order valence-corrected chi connectivity index (χ4v) is 4.11. The summed E-state index contributed by atoms with van der Waals surface area (Å²) in [6.45, 7) is 8.69. The summed E-state index contributed by atoms with van der Waals surface area (Å²) in [5.41, 5.74) is 0.735. The molecule has 24 heavy (non-hydrogen) atoms. The monoisotopic (exact) mass is 330 g/mol. The smallest absolute Gasteiger partial charge is 0.253 e. The predicted molar refractivity (Wildman–Crippen MR) is 96.5 cm³/mol. The quantitative estimate of drug-likeness (QED) is 0.685. The number of benzene rings is 1. The van der Waals surface area contributed by atoms with Gasteiger partial charge >= 0.3 is 0 Å². The molecule has 3 rings (SSSR count). The molecule has 2 atom stereocenters. The van der Waals surface area contributed by atoms with Gasteiger partial charge in [0.15, 0.2) is 0 Å². The summed E-state index contributed by atoms with van der Waals surface area (Å²) in [6.07, 6.45) is 5.33. The Labute approximate surface area is 145 Å². The van der Waals surface area contributed by atoms with Crippen molar-refractivity contribution in [3.63, 3.8) is 0 Å². The predicted octanol–water partition coefficient (Wildman–Crippen LogP) is 3.42. The van der Waals surface area contributed by atoms with E-state index in [1.54, 1.807) is 0 Å². The second-order valence-corrected chi connectivity index (χ2v) is 6.96. The van der Waals surface area contributed by atoms with Crippen LogP contribution in [0.3, 0.4) is 0 Å². The van der Waals surface area contributed by atoms with Gasteiger partial charge in [-0.2, -0.15) is 0 Å². The van der Waals surface area contributed by atoms with Gasteiger partial charge in [-0.1, -0.05) is 6.42 Å². The summed E-state index contributed by atoms with van der Waals surface area (Å²) in [7, 11) is 0. The van der Waals surface area contributed by atoms with Gasteiger partial charge in [0.25, 0.3) is 5.91 Å². The third-order valence-corrected chi connectivity index (χ3v) is 5.57. The number of hydrogen-bond donors (Lipinski definition) is 0. The van der Waals surface area contributed by atoms with Crippen LogP contribution in [0.1, 0.15) is 49.9 Å². The zero-order valence-electron chi connectivity index (χ0n) is 15.0. The van der Waals surface area contributed by atoms with E-state index in [1.165, 1.54) is 25.8 Å². The van der Waals surface area contributed by atoms with Crippen LogP contribution < -0.4 is 4.74 Å². The molecule has 4 nitrogen and oxygen atoms in total. The van der Waals surface area contributed by atoms with E-state index in [9.17, 15) is 4.79 Å². The first-order valence-corrected chi connectivity index (χ1v) is 9.49. The number of carbonyl (C=O) groups excluding carboxylic acids is 1. The van der Waals surface area contributed by atoms with E-state index in [2.05, 4.69) is 4.90 Å².